The van der Waals surface area contributed by atoms with Gasteiger partial charge in [0.25, 0.3) is 0 Å². The van der Waals surface area contributed by atoms with Crippen molar-refractivity contribution in [1.29, 1.82) is 0 Å². The van der Waals surface area contributed by atoms with E-state index in [1.54, 1.807) is 0 Å². The quantitative estimate of drug-likeness (QED) is 0.770. The van der Waals surface area contributed by atoms with Gasteiger partial charge in [-0.25, -0.2) is 0 Å². The molecule has 2 N–H and O–H groups in total. The molecule has 1 aliphatic carbocycles. The highest BCUT2D eigenvalue weighted by atomic mass is 19.4. The molecule has 1 atom stereocenters. The van der Waals surface area contributed by atoms with Crippen LogP contribution in [0.3, 0.4) is 0 Å². The Kier molecular flexibility index (Phi) is 4.62. The Morgan fingerprint density at radius 3 is 2.25 bits per heavy atom. The van der Waals surface area contributed by atoms with E-state index in [9.17, 15) is 13.2 Å². The molecule has 2 nitrogen and oxygen atoms in total. The van der Waals surface area contributed by atoms with E-state index in [2.05, 4.69) is 0 Å². The van der Waals surface area contributed by atoms with E-state index in [0.29, 0.717) is 18.9 Å². The average Bonchev–Trinajstić information content (AvgIpc) is 2.92. The Morgan fingerprint density at radius 2 is 1.88 bits per heavy atom. The fraction of sp³-hybridized carbons (Fsp3) is 1.00. The maximum Gasteiger partial charge on any atom is 0.401 e. The van der Waals surface area contributed by atoms with Crippen molar-refractivity contribution in [1.82, 2.24) is 4.90 Å². The molecule has 1 unspecified atom stereocenters. The van der Waals surface area contributed by atoms with E-state index in [0.717, 1.165) is 12.8 Å². The molecule has 0 aromatic rings. The Bertz CT molecular complexity index is 212. The first-order valence-corrected chi connectivity index (χ1v) is 5.86. The second-order valence-electron chi connectivity index (χ2n) is 5.01. The minimum absolute atomic E-state index is 0.00511. The van der Waals surface area contributed by atoms with Crippen LogP contribution in [0.4, 0.5) is 13.2 Å². The van der Waals surface area contributed by atoms with Crippen LogP contribution in [0.15, 0.2) is 0 Å². The Labute approximate surface area is 95.0 Å². The van der Waals surface area contributed by atoms with Crippen LogP contribution in [0.5, 0.6) is 0 Å². The molecule has 5 heteroatoms. The summed E-state index contributed by atoms with van der Waals surface area (Å²) in [4.78, 5) is 1.53. The molecule has 0 aromatic heterocycles. The summed E-state index contributed by atoms with van der Waals surface area (Å²) in [7, 11) is 0. The van der Waals surface area contributed by atoms with E-state index in [-0.39, 0.29) is 12.1 Å². The summed E-state index contributed by atoms with van der Waals surface area (Å²) in [5, 5.41) is 0. The van der Waals surface area contributed by atoms with Gasteiger partial charge in [0, 0.05) is 18.6 Å². The normalized spacial score (nSPS) is 19.5. The molecule has 0 saturated heterocycles. The monoisotopic (exact) mass is 238 g/mol. The van der Waals surface area contributed by atoms with Crippen LogP contribution in [-0.2, 0) is 0 Å². The van der Waals surface area contributed by atoms with Gasteiger partial charge in [0.1, 0.15) is 0 Å². The molecule has 0 aliphatic heterocycles. The van der Waals surface area contributed by atoms with Crippen LogP contribution in [0.2, 0.25) is 0 Å². The molecule has 0 amide bonds. The predicted octanol–water partition coefficient (Wildman–Crippen LogP) is 2.39. The summed E-state index contributed by atoms with van der Waals surface area (Å²) in [6.07, 6.45) is -1.66. The zero-order valence-electron chi connectivity index (χ0n) is 9.93. The van der Waals surface area contributed by atoms with Crippen molar-refractivity contribution in [3.63, 3.8) is 0 Å². The molecular weight excluding hydrogens is 217 g/mol. The summed E-state index contributed by atoms with van der Waals surface area (Å²) in [6, 6.07) is 0.135. The van der Waals surface area contributed by atoms with Crippen LogP contribution >= 0.6 is 0 Å². The van der Waals surface area contributed by atoms with Gasteiger partial charge in [-0.3, -0.25) is 4.90 Å². The second kappa shape index (κ2) is 5.36. The molecule has 1 fully saturated rings. The van der Waals surface area contributed by atoms with E-state index >= 15 is 0 Å². The molecule has 16 heavy (non-hydrogen) atoms. The van der Waals surface area contributed by atoms with Crippen LogP contribution in [-0.4, -0.2) is 36.2 Å². The van der Waals surface area contributed by atoms with Crippen LogP contribution < -0.4 is 5.73 Å². The Balaban J connectivity index is 2.34. The van der Waals surface area contributed by atoms with E-state index in [1.807, 2.05) is 13.8 Å². The third-order valence-corrected chi connectivity index (χ3v) is 3.05. The number of nitrogens with zero attached hydrogens (tertiary/aromatic N) is 1. The second-order valence-corrected chi connectivity index (χ2v) is 5.01. The molecule has 0 aromatic carbocycles. The van der Waals surface area contributed by atoms with Gasteiger partial charge in [0.15, 0.2) is 0 Å². The van der Waals surface area contributed by atoms with Crippen molar-refractivity contribution in [3.05, 3.63) is 0 Å². The highest BCUT2D eigenvalue weighted by Gasteiger charge is 2.37. The molecule has 1 saturated carbocycles. The topological polar surface area (TPSA) is 29.3 Å². The standard InChI is InChI=1S/C11H21F3N2/c1-8(2)10(15)5-6-16(9-3-4-9)7-11(12,13)14/h8-10H,3-7,15H2,1-2H3. The summed E-state index contributed by atoms with van der Waals surface area (Å²) < 4.78 is 36.9. The van der Waals surface area contributed by atoms with Gasteiger partial charge in [-0.2, -0.15) is 13.2 Å². The van der Waals surface area contributed by atoms with Crippen molar-refractivity contribution >= 4 is 0 Å². The maximum absolute atomic E-state index is 12.3. The molecule has 1 aliphatic rings. The zero-order chi connectivity index (χ0) is 12.3. The fourth-order valence-electron chi connectivity index (χ4n) is 1.71. The highest BCUT2D eigenvalue weighted by molar-refractivity contribution is 4.86. The summed E-state index contributed by atoms with van der Waals surface area (Å²) >= 11 is 0. The highest BCUT2D eigenvalue weighted by Crippen LogP contribution is 2.30. The smallest absolute Gasteiger partial charge is 0.327 e. The Morgan fingerprint density at radius 1 is 1.31 bits per heavy atom. The number of halogens is 3. The van der Waals surface area contributed by atoms with Gasteiger partial charge in [0.2, 0.25) is 0 Å². The number of hydrogen-bond donors (Lipinski definition) is 1. The summed E-state index contributed by atoms with van der Waals surface area (Å²) in [6.45, 7) is 3.66. The number of hydrogen-bond acceptors (Lipinski definition) is 2. The molecule has 96 valence electrons. The van der Waals surface area contributed by atoms with Gasteiger partial charge >= 0.3 is 6.18 Å². The number of alkyl halides is 3. The van der Waals surface area contributed by atoms with E-state index in [1.165, 1.54) is 4.90 Å². The molecule has 1 rings (SSSR count). The van der Waals surface area contributed by atoms with E-state index in [4.69, 9.17) is 5.73 Å². The number of nitrogens with two attached hydrogens (primary N) is 1. The fourth-order valence-corrected chi connectivity index (χ4v) is 1.71. The van der Waals surface area contributed by atoms with Crippen LogP contribution in [0.25, 0.3) is 0 Å². The lowest BCUT2D eigenvalue weighted by atomic mass is 10.0. The predicted molar refractivity (Wildman–Crippen MR) is 58.1 cm³/mol. The average molecular weight is 238 g/mol. The van der Waals surface area contributed by atoms with Gasteiger partial charge in [0.05, 0.1) is 6.54 Å². The molecule has 0 heterocycles. The van der Waals surface area contributed by atoms with Crippen molar-refractivity contribution in [2.24, 2.45) is 11.7 Å². The Hall–Kier alpha value is -0.290. The lowest BCUT2D eigenvalue weighted by Gasteiger charge is -2.25. The van der Waals surface area contributed by atoms with Gasteiger partial charge < -0.3 is 5.73 Å². The van der Waals surface area contributed by atoms with Crippen molar-refractivity contribution in [2.75, 3.05) is 13.1 Å². The van der Waals surface area contributed by atoms with Crippen LogP contribution in [0, 0.1) is 5.92 Å². The minimum atomic E-state index is -4.09. The van der Waals surface area contributed by atoms with Gasteiger partial charge in [-0.15, -0.1) is 0 Å². The summed E-state index contributed by atoms with van der Waals surface area (Å²) in [5.74, 6) is 0.326. The van der Waals surface area contributed by atoms with Crippen molar-refractivity contribution in [3.8, 4) is 0 Å². The van der Waals surface area contributed by atoms with E-state index < -0.39 is 12.7 Å². The first kappa shape index (κ1) is 13.8. The van der Waals surface area contributed by atoms with Gasteiger partial charge in [-0.05, 0) is 25.2 Å². The lowest BCUT2D eigenvalue weighted by molar-refractivity contribution is -0.147. The number of rotatable bonds is 6. The molecule has 0 spiro atoms. The largest absolute Gasteiger partial charge is 0.401 e. The van der Waals surface area contributed by atoms with Crippen LogP contribution in [0.1, 0.15) is 33.1 Å². The van der Waals surface area contributed by atoms with Gasteiger partial charge in [-0.1, -0.05) is 13.8 Å². The minimum Gasteiger partial charge on any atom is -0.327 e. The van der Waals surface area contributed by atoms with Crippen molar-refractivity contribution in [2.45, 2.75) is 51.4 Å². The SMILES string of the molecule is CC(C)C(N)CCN(CC(F)(F)F)C1CC1. The third-order valence-electron chi connectivity index (χ3n) is 3.05. The molecule has 0 bridgehead atoms. The molecular formula is C11H21F3N2. The third kappa shape index (κ3) is 5.16. The summed E-state index contributed by atoms with van der Waals surface area (Å²) in [5.41, 5.74) is 5.84. The zero-order valence-corrected chi connectivity index (χ0v) is 9.93. The first-order chi connectivity index (χ1) is 7.29. The van der Waals surface area contributed by atoms with Crippen molar-refractivity contribution < 1.29 is 13.2 Å². The maximum atomic E-state index is 12.3. The molecule has 0 radical (unpaired) electrons. The first-order valence-electron chi connectivity index (χ1n) is 5.86. The lowest BCUT2D eigenvalue weighted by Crippen LogP contribution is -2.39.